The van der Waals surface area contributed by atoms with Crippen molar-refractivity contribution >= 4 is 39.3 Å². The number of carbonyl (C=O) groups excluding carboxylic acids is 1. The van der Waals surface area contributed by atoms with Crippen LogP contribution in [0.5, 0.6) is 5.75 Å². The van der Waals surface area contributed by atoms with Crippen molar-refractivity contribution in [3.8, 4) is 17.0 Å². The molecule has 3 aromatic rings. The van der Waals surface area contributed by atoms with Crippen LogP contribution in [0.25, 0.3) is 22.2 Å². The summed E-state index contributed by atoms with van der Waals surface area (Å²) >= 11 is 11.9. The van der Waals surface area contributed by atoms with Gasteiger partial charge in [-0.3, -0.25) is 4.79 Å². The Hall–Kier alpha value is -2.10. The lowest BCUT2D eigenvalue weighted by Gasteiger charge is -2.09. The molecule has 0 aliphatic carbocycles. The van der Waals surface area contributed by atoms with Crippen molar-refractivity contribution in [3.05, 3.63) is 59.1 Å². The highest BCUT2D eigenvalue weighted by Gasteiger charge is 2.14. The zero-order valence-electron chi connectivity index (χ0n) is 11.6. The van der Waals surface area contributed by atoms with Gasteiger partial charge < -0.3 is 4.74 Å². The molecule has 0 aliphatic rings. The molecule has 1 aromatic heterocycles. The third-order valence-electron chi connectivity index (χ3n) is 3.39. The zero-order valence-corrected chi connectivity index (χ0v) is 13.2. The van der Waals surface area contributed by atoms with Crippen LogP contribution in [0.3, 0.4) is 0 Å². The molecule has 1 heterocycles. The van der Waals surface area contributed by atoms with Crippen molar-refractivity contribution in [1.29, 1.82) is 0 Å². The quantitative estimate of drug-likeness (QED) is 0.638. The topological polar surface area (TPSA) is 39.2 Å². The minimum Gasteiger partial charge on any atom is -0.497 e. The molecule has 0 N–H and O–H groups in total. The van der Waals surface area contributed by atoms with Gasteiger partial charge in [-0.05, 0) is 48.0 Å². The molecule has 110 valence electrons. The molecule has 0 unspecified atom stereocenters. The number of para-hydroxylation sites is 1. The second-order valence-corrected chi connectivity index (χ2v) is 5.44. The second kappa shape index (κ2) is 5.95. The number of methoxy groups -OCH3 is 1. The molecule has 0 atom stereocenters. The van der Waals surface area contributed by atoms with E-state index in [2.05, 4.69) is 4.98 Å². The van der Waals surface area contributed by atoms with Gasteiger partial charge in [0.1, 0.15) is 5.75 Å². The lowest BCUT2D eigenvalue weighted by molar-refractivity contribution is 0.108. The SMILES string of the molecule is COc1ccc(-c2cc(C(=O)Cl)c3cccc(Cl)c3n2)cc1. The first kappa shape index (κ1) is 14.8. The van der Waals surface area contributed by atoms with Crippen molar-refractivity contribution in [1.82, 2.24) is 4.98 Å². The largest absolute Gasteiger partial charge is 0.497 e. The standard InChI is InChI=1S/C17H11Cl2NO2/c1-22-11-7-5-10(6-8-11)15-9-13(17(19)21)12-3-2-4-14(18)16(12)20-15/h2-9H,1H3. The van der Waals surface area contributed by atoms with E-state index in [0.29, 0.717) is 27.2 Å². The van der Waals surface area contributed by atoms with Crippen LogP contribution in [0.1, 0.15) is 10.4 Å². The highest BCUT2D eigenvalue weighted by atomic mass is 35.5. The van der Waals surface area contributed by atoms with Crippen LogP contribution in [-0.2, 0) is 0 Å². The Morgan fingerprint density at radius 1 is 1.14 bits per heavy atom. The Bertz CT molecular complexity index is 860. The number of halogens is 2. The van der Waals surface area contributed by atoms with Gasteiger partial charge in [0, 0.05) is 16.5 Å². The molecule has 22 heavy (non-hydrogen) atoms. The van der Waals surface area contributed by atoms with Crippen molar-refractivity contribution < 1.29 is 9.53 Å². The van der Waals surface area contributed by atoms with Gasteiger partial charge in [0.05, 0.1) is 23.3 Å². The summed E-state index contributed by atoms with van der Waals surface area (Å²) < 4.78 is 5.14. The van der Waals surface area contributed by atoms with Gasteiger partial charge in [0.15, 0.2) is 0 Å². The molecule has 3 rings (SSSR count). The van der Waals surface area contributed by atoms with E-state index in [1.165, 1.54) is 0 Å². The fourth-order valence-electron chi connectivity index (χ4n) is 2.29. The Kier molecular flexibility index (Phi) is 4.01. The number of fused-ring (bicyclic) bond motifs is 1. The summed E-state index contributed by atoms with van der Waals surface area (Å²) in [4.78, 5) is 16.3. The van der Waals surface area contributed by atoms with Crippen LogP contribution in [0, 0.1) is 0 Å². The molecule has 0 radical (unpaired) electrons. The van der Waals surface area contributed by atoms with Gasteiger partial charge in [-0.15, -0.1) is 0 Å². The van der Waals surface area contributed by atoms with E-state index in [1.54, 1.807) is 31.4 Å². The van der Waals surface area contributed by atoms with E-state index in [9.17, 15) is 4.79 Å². The summed E-state index contributed by atoms with van der Waals surface area (Å²) in [6.07, 6.45) is 0. The number of pyridine rings is 1. The van der Waals surface area contributed by atoms with Crippen LogP contribution >= 0.6 is 23.2 Å². The molecular weight excluding hydrogens is 321 g/mol. The van der Waals surface area contributed by atoms with Crippen molar-refractivity contribution in [3.63, 3.8) is 0 Å². The predicted molar refractivity (Wildman–Crippen MR) is 88.9 cm³/mol. The monoisotopic (exact) mass is 331 g/mol. The number of hydrogen-bond donors (Lipinski definition) is 0. The number of carbonyl (C=O) groups is 1. The number of hydrogen-bond acceptors (Lipinski definition) is 3. The van der Waals surface area contributed by atoms with Crippen molar-refractivity contribution in [2.45, 2.75) is 0 Å². The summed E-state index contributed by atoms with van der Waals surface area (Å²) in [5.74, 6) is 0.746. The van der Waals surface area contributed by atoms with E-state index < -0.39 is 5.24 Å². The molecule has 0 fully saturated rings. The lowest BCUT2D eigenvalue weighted by Crippen LogP contribution is -1.96. The van der Waals surface area contributed by atoms with E-state index in [1.807, 2.05) is 24.3 Å². The number of nitrogens with zero attached hydrogens (tertiary/aromatic N) is 1. The summed E-state index contributed by atoms with van der Waals surface area (Å²) in [5.41, 5.74) is 2.43. The van der Waals surface area contributed by atoms with Gasteiger partial charge in [0.25, 0.3) is 5.24 Å². The summed E-state index contributed by atoms with van der Waals surface area (Å²) in [5, 5.41) is 0.584. The first-order chi connectivity index (χ1) is 10.6. The van der Waals surface area contributed by atoms with Crippen molar-refractivity contribution in [2.75, 3.05) is 7.11 Å². The molecular formula is C17H11Cl2NO2. The molecule has 0 bridgehead atoms. The molecule has 2 aromatic carbocycles. The van der Waals surface area contributed by atoms with E-state index in [4.69, 9.17) is 27.9 Å². The highest BCUT2D eigenvalue weighted by molar-refractivity contribution is 6.68. The minimum absolute atomic E-state index is 0.389. The van der Waals surface area contributed by atoms with Crippen LogP contribution in [0.4, 0.5) is 0 Å². The van der Waals surface area contributed by atoms with Gasteiger partial charge in [0.2, 0.25) is 0 Å². The molecule has 5 heteroatoms. The fourth-order valence-corrected chi connectivity index (χ4v) is 2.66. The average molecular weight is 332 g/mol. The van der Waals surface area contributed by atoms with E-state index in [-0.39, 0.29) is 0 Å². The zero-order chi connectivity index (χ0) is 15.7. The van der Waals surface area contributed by atoms with Gasteiger partial charge in [-0.25, -0.2) is 4.98 Å². The Morgan fingerprint density at radius 3 is 2.50 bits per heavy atom. The van der Waals surface area contributed by atoms with E-state index in [0.717, 1.165) is 11.3 Å². The van der Waals surface area contributed by atoms with Crippen LogP contribution in [-0.4, -0.2) is 17.3 Å². The van der Waals surface area contributed by atoms with Gasteiger partial charge in [-0.2, -0.15) is 0 Å². The van der Waals surface area contributed by atoms with E-state index >= 15 is 0 Å². The maximum absolute atomic E-state index is 11.7. The minimum atomic E-state index is -0.538. The predicted octanol–water partition coefficient (Wildman–Crippen LogP) is 4.94. The Labute approximate surface area is 137 Å². The first-order valence-corrected chi connectivity index (χ1v) is 7.29. The van der Waals surface area contributed by atoms with Crippen LogP contribution < -0.4 is 4.74 Å². The first-order valence-electron chi connectivity index (χ1n) is 6.53. The maximum Gasteiger partial charge on any atom is 0.253 e. The number of rotatable bonds is 3. The second-order valence-electron chi connectivity index (χ2n) is 4.69. The molecule has 0 aliphatic heterocycles. The summed E-state index contributed by atoms with van der Waals surface area (Å²) in [6.45, 7) is 0. The Balaban J connectivity index is 2.25. The Morgan fingerprint density at radius 2 is 1.86 bits per heavy atom. The smallest absolute Gasteiger partial charge is 0.253 e. The van der Waals surface area contributed by atoms with Crippen molar-refractivity contribution in [2.24, 2.45) is 0 Å². The number of ether oxygens (including phenoxy) is 1. The maximum atomic E-state index is 11.7. The van der Waals surface area contributed by atoms with Crippen LogP contribution in [0.15, 0.2) is 48.5 Å². The molecule has 0 amide bonds. The molecule has 0 saturated heterocycles. The molecule has 3 nitrogen and oxygen atoms in total. The lowest BCUT2D eigenvalue weighted by atomic mass is 10.0. The summed E-state index contributed by atoms with van der Waals surface area (Å²) in [7, 11) is 1.60. The van der Waals surface area contributed by atoms with Gasteiger partial charge >= 0.3 is 0 Å². The number of aromatic nitrogens is 1. The van der Waals surface area contributed by atoms with Crippen LogP contribution in [0.2, 0.25) is 5.02 Å². The molecule has 0 saturated carbocycles. The normalized spacial score (nSPS) is 10.7. The third-order valence-corrected chi connectivity index (χ3v) is 3.90. The molecule has 0 spiro atoms. The number of benzene rings is 2. The highest BCUT2D eigenvalue weighted by Crippen LogP contribution is 2.30. The third kappa shape index (κ3) is 2.65. The fraction of sp³-hybridized carbons (Fsp3) is 0.0588. The van der Waals surface area contributed by atoms with Gasteiger partial charge in [-0.1, -0.05) is 23.7 Å². The summed E-state index contributed by atoms with van der Waals surface area (Å²) in [6, 6.07) is 14.3. The average Bonchev–Trinajstić information content (AvgIpc) is 2.54.